The highest BCUT2D eigenvalue weighted by molar-refractivity contribution is 5.83. The first kappa shape index (κ1) is 12.7. The number of aldehydes is 2. The van der Waals surface area contributed by atoms with E-state index in [1.165, 1.54) is 13.2 Å². The van der Waals surface area contributed by atoms with Gasteiger partial charge in [-0.2, -0.15) is 0 Å². The van der Waals surface area contributed by atoms with Gasteiger partial charge in [-0.1, -0.05) is 11.8 Å². The van der Waals surface area contributed by atoms with Crippen molar-refractivity contribution in [1.29, 1.82) is 0 Å². The van der Waals surface area contributed by atoms with Crippen molar-refractivity contribution in [2.75, 3.05) is 7.11 Å². The average Bonchev–Trinajstić information content (AvgIpc) is 2.37. The number of carbonyl (C=O) groups is 3. The first-order chi connectivity index (χ1) is 8.19. The van der Waals surface area contributed by atoms with Crippen LogP contribution in [0, 0.1) is 11.8 Å². The third-order valence-electron chi connectivity index (χ3n) is 1.94. The van der Waals surface area contributed by atoms with Gasteiger partial charge in [0.05, 0.1) is 7.11 Å². The minimum atomic E-state index is -0.431. The average molecular weight is 230 g/mol. The molecule has 0 aromatic heterocycles. The van der Waals surface area contributed by atoms with E-state index >= 15 is 0 Å². The number of hydrogen-bond acceptors (Lipinski definition) is 4. The summed E-state index contributed by atoms with van der Waals surface area (Å²) in [6, 6.07) is 4.56. The molecule has 0 spiro atoms. The second-order valence-electron chi connectivity index (χ2n) is 3.18. The van der Waals surface area contributed by atoms with E-state index in [1.54, 1.807) is 12.1 Å². The number of hydrogen-bond donors (Lipinski definition) is 0. The Bertz CT molecular complexity index is 480. The second kappa shape index (κ2) is 6.23. The van der Waals surface area contributed by atoms with Gasteiger partial charge in [-0.05, 0) is 18.2 Å². The van der Waals surface area contributed by atoms with Gasteiger partial charge in [-0.15, -0.1) is 0 Å². The highest BCUT2D eigenvalue weighted by Crippen LogP contribution is 2.06. The molecule has 0 N–H and O–H groups in total. The van der Waals surface area contributed by atoms with Crippen molar-refractivity contribution < 1.29 is 19.1 Å². The SMILES string of the molecule is COC(=O)CC#Cc1cc(C=O)cc(C=O)c1. The first-order valence-corrected chi connectivity index (χ1v) is 4.80. The largest absolute Gasteiger partial charge is 0.468 e. The van der Waals surface area contributed by atoms with Crippen molar-refractivity contribution in [3.8, 4) is 11.8 Å². The Morgan fingerprint density at radius 1 is 1.24 bits per heavy atom. The van der Waals surface area contributed by atoms with Crippen LogP contribution in [0.4, 0.5) is 0 Å². The molecule has 0 aliphatic heterocycles. The summed E-state index contributed by atoms with van der Waals surface area (Å²) in [5.41, 5.74) is 1.26. The molecule has 1 rings (SSSR count). The lowest BCUT2D eigenvalue weighted by molar-refractivity contribution is -0.139. The van der Waals surface area contributed by atoms with Gasteiger partial charge in [0.1, 0.15) is 19.0 Å². The van der Waals surface area contributed by atoms with Gasteiger partial charge < -0.3 is 4.74 Å². The second-order valence-corrected chi connectivity index (χ2v) is 3.18. The van der Waals surface area contributed by atoms with E-state index in [1.807, 2.05) is 0 Å². The fraction of sp³-hybridized carbons (Fsp3) is 0.154. The van der Waals surface area contributed by atoms with E-state index in [2.05, 4.69) is 16.6 Å². The molecular weight excluding hydrogens is 220 g/mol. The van der Waals surface area contributed by atoms with Gasteiger partial charge in [-0.3, -0.25) is 14.4 Å². The van der Waals surface area contributed by atoms with Crippen molar-refractivity contribution in [2.45, 2.75) is 6.42 Å². The topological polar surface area (TPSA) is 60.4 Å². The van der Waals surface area contributed by atoms with Crippen molar-refractivity contribution in [3.63, 3.8) is 0 Å². The first-order valence-electron chi connectivity index (χ1n) is 4.80. The minimum Gasteiger partial charge on any atom is -0.468 e. The van der Waals surface area contributed by atoms with Crippen LogP contribution in [0.15, 0.2) is 18.2 Å². The number of ether oxygens (including phenoxy) is 1. The fourth-order valence-corrected chi connectivity index (χ4v) is 1.18. The molecule has 4 nitrogen and oxygen atoms in total. The van der Waals surface area contributed by atoms with Crippen molar-refractivity contribution in [1.82, 2.24) is 0 Å². The smallest absolute Gasteiger partial charge is 0.317 e. The molecule has 1 aromatic rings. The third-order valence-corrected chi connectivity index (χ3v) is 1.94. The Hall–Kier alpha value is -2.41. The summed E-state index contributed by atoms with van der Waals surface area (Å²) < 4.78 is 4.42. The Morgan fingerprint density at radius 3 is 2.29 bits per heavy atom. The quantitative estimate of drug-likeness (QED) is 0.445. The maximum atomic E-state index is 10.8. The summed E-state index contributed by atoms with van der Waals surface area (Å²) in [4.78, 5) is 32.0. The van der Waals surface area contributed by atoms with Crippen LogP contribution in [0.2, 0.25) is 0 Å². The zero-order chi connectivity index (χ0) is 12.7. The van der Waals surface area contributed by atoms with Crippen molar-refractivity contribution in [2.24, 2.45) is 0 Å². The van der Waals surface area contributed by atoms with Gasteiger partial charge in [0.15, 0.2) is 0 Å². The van der Waals surface area contributed by atoms with E-state index in [-0.39, 0.29) is 6.42 Å². The molecule has 0 unspecified atom stereocenters. The summed E-state index contributed by atoms with van der Waals surface area (Å²) in [6.45, 7) is 0. The normalized spacial score (nSPS) is 8.76. The van der Waals surface area contributed by atoms with Crippen LogP contribution in [0.5, 0.6) is 0 Å². The van der Waals surface area contributed by atoms with E-state index in [0.717, 1.165) is 0 Å². The zero-order valence-electron chi connectivity index (χ0n) is 9.23. The summed E-state index contributed by atoms with van der Waals surface area (Å²) >= 11 is 0. The molecule has 0 atom stereocenters. The lowest BCUT2D eigenvalue weighted by Gasteiger charge is -1.96. The molecule has 86 valence electrons. The lowest BCUT2D eigenvalue weighted by atomic mass is 10.1. The van der Waals surface area contributed by atoms with Gasteiger partial charge >= 0.3 is 5.97 Å². The molecule has 0 aliphatic rings. The predicted octanol–water partition coefficient (Wildman–Crippen LogP) is 1.23. The van der Waals surface area contributed by atoms with E-state index in [9.17, 15) is 14.4 Å². The van der Waals surface area contributed by atoms with Crippen LogP contribution < -0.4 is 0 Å². The molecule has 0 bridgehead atoms. The molecule has 0 saturated heterocycles. The Morgan fingerprint density at radius 2 is 1.82 bits per heavy atom. The number of methoxy groups -OCH3 is 1. The number of carbonyl (C=O) groups excluding carboxylic acids is 3. The van der Waals surface area contributed by atoms with Gasteiger partial charge in [0.2, 0.25) is 0 Å². The lowest BCUT2D eigenvalue weighted by Crippen LogP contribution is -1.97. The number of esters is 1. The molecule has 1 aromatic carbocycles. The van der Waals surface area contributed by atoms with Gasteiger partial charge in [-0.25, -0.2) is 0 Å². The predicted molar refractivity (Wildman–Crippen MR) is 60.7 cm³/mol. The number of rotatable bonds is 3. The van der Waals surface area contributed by atoms with E-state index in [4.69, 9.17) is 0 Å². The van der Waals surface area contributed by atoms with Crippen LogP contribution >= 0.6 is 0 Å². The molecule has 0 saturated carbocycles. The molecule has 0 fully saturated rings. The van der Waals surface area contributed by atoms with Crippen LogP contribution in [-0.2, 0) is 9.53 Å². The van der Waals surface area contributed by atoms with E-state index < -0.39 is 5.97 Å². The van der Waals surface area contributed by atoms with Crippen LogP contribution in [0.3, 0.4) is 0 Å². The highest BCUT2D eigenvalue weighted by atomic mass is 16.5. The fourth-order valence-electron chi connectivity index (χ4n) is 1.18. The van der Waals surface area contributed by atoms with Crippen molar-refractivity contribution in [3.05, 3.63) is 34.9 Å². The minimum absolute atomic E-state index is 0.0295. The Balaban J connectivity index is 2.93. The van der Waals surface area contributed by atoms with E-state index in [0.29, 0.717) is 29.3 Å². The van der Waals surface area contributed by atoms with Gasteiger partial charge in [0, 0.05) is 16.7 Å². The summed E-state index contributed by atoms with van der Waals surface area (Å²) in [7, 11) is 1.28. The van der Waals surface area contributed by atoms with Crippen molar-refractivity contribution >= 4 is 18.5 Å². The van der Waals surface area contributed by atoms with Crippen LogP contribution in [0.25, 0.3) is 0 Å². The Kier molecular flexibility index (Phi) is 4.64. The monoisotopic (exact) mass is 230 g/mol. The molecule has 17 heavy (non-hydrogen) atoms. The molecule has 0 heterocycles. The highest BCUT2D eigenvalue weighted by Gasteiger charge is 1.98. The molecule has 0 radical (unpaired) electrons. The zero-order valence-corrected chi connectivity index (χ0v) is 9.23. The molecular formula is C13H10O4. The third kappa shape index (κ3) is 3.92. The maximum absolute atomic E-state index is 10.8. The van der Waals surface area contributed by atoms with Gasteiger partial charge in [0.25, 0.3) is 0 Å². The van der Waals surface area contributed by atoms with Crippen LogP contribution in [-0.4, -0.2) is 25.7 Å². The summed E-state index contributed by atoms with van der Waals surface area (Å²) in [6.07, 6.45) is 1.25. The Labute approximate surface area is 98.6 Å². The molecule has 0 amide bonds. The molecule has 0 aliphatic carbocycles. The van der Waals surface area contributed by atoms with Crippen LogP contribution in [0.1, 0.15) is 32.7 Å². The number of benzene rings is 1. The standard InChI is InChI=1S/C13H10O4/c1-17-13(16)4-2-3-10-5-11(8-14)7-12(6-10)9-15/h5-9H,4H2,1H3. The summed E-state index contributed by atoms with van der Waals surface area (Å²) in [5.74, 6) is 4.86. The molecule has 4 heteroatoms. The maximum Gasteiger partial charge on any atom is 0.317 e. The summed E-state index contributed by atoms with van der Waals surface area (Å²) in [5, 5.41) is 0.